The summed E-state index contributed by atoms with van der Waals surface area (Å²) in [6.07, 6.45) is 3.82. The van der Waals surface area contributed by atoms with Crippen LogP contribution in [0.15, 0.2) is 64.5 Å². The summed E-state index contributed by atoms with van der Waals surface area (Å²) in [5.41, 5.74) is 6.74. The molecule has 0 radical (unpaired) electrons. The molecule has 2 heterocycles. The van der Waals surface area contributed by atoms with Crippen LogP contribution in [0.3, 0.4) is 0 Å². The summed E-state index contributed by atoms with van der Waals surface area (Å²) in [7, 11) is 0. The molecule has 2 aliphatic rings. The van der Waals surface area contributed by atoms with Crippen molar-refractivity contribution in [2.24, 2.45) is 10.7 Å². The van der Waals surface area contributed by atoms with E-state index >= 15 is 0 Å². The zero-order valence-electron chi connectivity index (χ0n) is 16.9. The fraction of sp³-hybridized carbons (Fsp3) is 0.261. The van der Waals surface area contributed by atoms with E-state index in [0.717, 1.165) is 30.7 Å². The topological polar surface area (TPSA) is 94.2 Å². The Morgan fingerprint density at radius 1 is 1.23 bits per heavy atom. The van der Waals surface area contributed by atoms with E-state index in [-0.39, 0.29) is 18.6 Å². The zero-order valence-corrected chi connectivity index (χ0v) is 17.7. The fourth-order valence-electron chi connectivity index (χ4n) is 3.32. The van der Waals surface area contributed by atoms with Crippen LogP contribution in [0.5, 0.6) is 5.75 Å². The summed E-state index contributed by atoms with van der Waals surface area (Å²) in [6.45, 7) is 1.05. The highest BCUT2D eigenvalue weighted by molar-refractivity contribution is 8.18. The summed E-state index contributed by atoms with van der Waals surface area (Å²) < 4.78 is 11.0. The number of amidine groups is 1. The third-order valence-electron chi connectivity index (χ3n) is 4.84. The molecule has 0 spiro atoms. The van der Waals surface area contributed by atoms with E-state index in [1.165, 1.54) is 11.8 Å². The summed E-state index contributed by atoms with van der Waals surface area (Å²) in [6, 6.07) is 16.7. The molecule has 31 heavy (non-hydrogen) atoms. The molecule has 2 saturated heterocycles. The Labute approximate surface area is 184 Å². The third kappa shape index (κ3) is 5.53. The van der Waals surface area contributed by atoms with Crippen molar-refractivity contribution in [2.45, 2.75) is 18.9 Å². The molecule has 0 bridgehead atoms. The number of nitrogens with zero attached hydrogens (tertiary/aromatic N) is 2. The second-order valence-corrected chi connectivity index (χ2v) is 8.22. The lowest BCUT2D eigenvalue weighted by atomic mass is 10.2. The Balaban J connectivity index is 1.55. The van der Waals surface area contributed by atoms with E-state index in [2.05, 4.69) is 0 Å². The maximum absolute atomic E-state index is 13.2. The molecule has 1 atom stereocenters. The van der Waals surface area contributed by atoms with E-state index in [4.69, 9.17) is 20.2 Å². The molecule has 2 aromatic carbocycles. The quantitative estimate of drug-likeness (QED) is 0.671. The smallest absolute Gasteiger partial charge is 0.266 e. The lowest BCUT2D eigenvalue weighted by Gasteiger charge is -2.19. The molecule has 0 unspecified atom stereocenters. The molecule has 0 aromatic heterocycles. The van der Waals surface area contributed by atoms with Gasteiger partial charge in [0.05, 0.1) is 23.2 Å². The first kappa shape index (κ1) is 21.1. The number of benzene rings is 2. The van der Waals surface area contributed by atoms with Gasteiger partial charge < -0.3 is 15.2 Å². The van der Waals surface area contributed by atoms with Crippen molar-refractivity contribution < 1.29 is 19.1 Å². The number of ether oxygens (including phenoxy) is 2. The number of hydrogen-bond acceptors (Lipinski definition) is 6. The minimum Gasteiger partial charge on any atom is -0.484 e. The van der Waals surface area contributed by atoms with Crippen molar-refractivity contribution in [1.29, 1.82) is 0 Å². The van der Waals surface area contributed by atoms with Crippen LogP contribution in [-0.4, -0.2) is 47.7 Å². The molecule has 2 fully saturated rings. The summed E-state index contributed by atoms with van der Waals surface area (Å²) in [5, 5.41) is 0.652. The van der Waals surface area contributed by atoms with Crippen LogP contribution in [0.2, 0.25) is 0 Å². The summed E-state index contributed by atoms with van der Waals surface area (Å²) in [5.74, 6) is -0.0716. The number of hydrogen-bond donors (Lipinski definition) is 1. The Morgan fingerprint density at radius 3 is 2.68 bits per heavy atom. The third-order valence-corrected chi connectivity index (χ3v) is 5.84. The van der Waals surface area contributed by atoms with Gasteiger partial charge in [-0.25, -0.2) is 4.99 Å². The molecule has 8 heteroatoms. The summed E-state index contributed by atoms with van der Waals surface area (Å²) in [4.78, 5) is 31.0. The lowest BCUT2D eigenvalue weighted by Crippen LogP contribution is -2.36. The maximum atomic E-state index is 13.2. The normalized spacial score (nSPS) is 21.2. The molecule has 2 N–H and O–H groups in total. The van der Waals surface area contributed by atoms with Gasteiger partial charge in [0.25, 0.3) is 11.8 Å². The molecule has 0 saturated carbocycles. The van der Waals surface area contributed by atoms with Gasteiger partial charge in [-0.2, -0.15) is 0 Å². The molecular formula is C23H23N3O4S. The monoisotopic (exact) mass is 437 g/mol. The standard InChI is InChI=1S/C23H23N3O4S/c24-21(27)15-30-18-10-8-16(9-11-18)13-20-22(28)26(14-19-7-4-12-29-19)23(31-20)25-17-5-2-1-3-6-17/h1-3,5-6,8-11,13,19H,4,7,12,14-15H2,(H2,24,27)/b20-13+,25-23?/t19-/m1/s1. The number of rotatable bonds is 7. The van der Waals surface area contributed by atoms with E-state index in [1.54, 1.807) is 17.0 Å². The van der Waals surface area contributed by atoms with Crippen molar-refractivity contribution in [3.8, 4) is 5.75 Å². The van der Waals surface area contributed by atoms with Crippen LogP contribution in [0.1, 0.15) is 18.4 Å². The Hall–Kier alpha value is -3.10. The SMILES string of the molecule is NC(=O)COc1ccc(/C=C2/SC(=Nc3ccccc3)N(C[C@H]3CCCO3)C2=O)cc1. The largest absolute Gasteiger partial charge is 0.484 e. The number of primary amides is 1. The van der Waals surface area contributed by atoms with Gasteiger partial charge in [0.1, 0.15) is 5.75 Å². The van der Waals surface area contributed by atoms with Crippen molar-refractivity contribution in [1.82, 2.24) is 4.90 Å². The van der Waals surface area contributed by atoms with Gasteiger partial charge in [-0.3, -0.25) is 14.5 Å². The number of para-hydroxylation sites is 1. The van der Waals surface area contributed by atoms with Crippen LogP contribution < -0.4 is 10.5 Å². The van der Waals surface area contributed by atoms with Gasteiger partial charge in [0.2, 0.25) is 0 Å². The number of amides is 2. The molecule has 2 aromatic rings. The second kappa shape index (κ2) is 9.80. The van der Waals surface area contributed by atoms with Crippen LogP contribution in [0.25, 0.3) is 6.08 Å². The van der Waals surface area contributed by atoms with Crippen molar-refractivity contribution >= 4 is 40.5 Å². The van der Waals surface area contributed by atoms with Gasteiger partial charge in [0, 0.05) is 6.61 Å². The highest BCUT2D eigenvalue weighted by atomic mass is 32.2. The van der Waals surface area contributed by atoms with Gasteiger partial charge >= 0.3 is 0 Å². The Morgan fingerprint density at radius 2 is 2.00 bits per heavy atom. The maximum Gasteiger partial charge on any atom is 0.266 e. The number of nitrogens with two attached hydrogens (primary N) is 1. The average molecular weight is 438 g/mol. The first-order chi connectivity index (χ1) is 15.1. The van der Waals surface area contributed by atoms with Gasteiger partial charge in [0.15, 0.2) is 11.8 Å². The molecule has 160 valence electrons. The lowest BCUT2D eigenvalue weighted by molar-refractivity contribution is -0.123. The van der Waals surface area contributed by atoms with Crippen LogP contribution >= 0.6 is 11.8 Å². The van der Waals surface area contributed by atoms with Crippen molar-refractivity contribution in [3.05, 3.63) is 65.1 Å². The second-order valence-electron chi connectivity index (χ2n) is 7.22. The van der Waals surface area contributed by atoms with Gasteiger partial charge in [-0.15, -0.1) is 0 Å². The molecule has 2 aliphatic heterocycles. The first-order valence-corrected chi connectivity index (χ1v) is 10.9. The Kier molecular flexibility index (Phi) is 6.69. The number of carbonyl (C=O) groups excluding carboxylic acids is 2. The molecule has 0 aliphatic carbocycles. The zero-order chi connectivity index (χ0) is 21.6. The number of aliphatic imine (C=N–C) groups is 1. The van der Waals surface area contributed by atoms with Crippen LogP contribution in [0, 0.1) is 0 Å². The van der Waals surface area contributed by atoms with Crippen LogP contribution in [-0.2, 0) is 14.3 Å². The van der Waals surface area contributed by atoms with E-state index in [0.29, 0.717) is 22.4 Å². The van der Waals surface area contributed by atoms with E-state index < -0.39 is 5.91 Å². The first-order valence-electron chi connectivity index (χ1n) is 10.1. The number of carbonyl (C=O) groups is 2. The number of thioether (sulfide) groups is 1. The van der Waals surface area contributed by atoms with Gasteiger partial charge in [-0.1, -0.05) is 30.3 Å². The molecule has 7 nitrogen and oxygen atoms in total. The molecule has 2 amide bonds. The minimum atomic E-state index is -0.532. The van der Waals surface area contributed by atoms with Crippen molar-refractivity contribution in [2.75, 3.05) is 19.8 Å². The minimum absolute atomic E-state index is 0.0339. The average Bonchev–Trinajstić information content (AvgIpc) is 3.38. The van der Waals surface area contributed by atoms with E-state index in [9.17, 15) is 9.59 Å². The highest BCUT2D eigenvalue weighted by Crippen LogP contribution is 2.35. The van der Waals surface area contributed by atoms with Crippen molar-refractivity contribution in [3.63, 3.8) is 0 Å². The highest BCUT2D eigenvalue weighted by Gasteiger charge is 2.35. The molecular weight excluding hydrogens is 414 g/mol. The van der Waals surface area contributed by atoms with Gasteiger partial charge in [-0.05, 0) is 60.5 Å². The Bertz CT molecular complexity index is 999. The fourth-order valence-corrected chi connectivity index (χ4v) is 4.33. The van der Waals surface area contributed by atoms with Crippen LogP contribution in [0.4, 0.5) is 5.69 Å². The summed E-state index contributed by atoms with van der Waals surface area (Å²) >= 11 is 1.36. The predicted octanol–water partition coefficient (Wildman–Crippen LogP) is 3.33. The van der Waals surface area contributed by atoms with E-state index in [1.807, 2.05) is 48.5 Å². The predicted molar refractivity (Wildman–Crippen MR) is 121 cm³/mol. The molecule has 4 rings (SSSR count).